The Kier molecular flexibility index (Phi) is 5.78. The molecule has 0 bridgehead atoms. The lowest BCUT2D eigenvalue weighted by Gasteiger charge is -2.20. The molecule has 0 unspecified atom stereocenters. The van der Waals surface area contributed by atoms with Gasteiger partial charge in [-0.3, -0.25) is 9.59 Å². The number of carboxylic acid groups (broad SMARTS) is 1. The number of amides is 1. The van der Waals surface area contributed by atoms with E-state index >= 15 is 0 Å². The van der Waals surface area contributed by atoms with Crippen LogP contribution < -0.4 is 0 Å². The van der Waals surface area contributed by atoms with Gasteiger partial charge in [-0.15, -0.1) is 0 Å². The normalized spacial score (nSPS) is 11.5. The summed E-state index contributed by atoms with van der Waals surface area (Å²) in [6, 6.07) is 6.28. The van der Waals surface area contributed by atoms with Crippen LogP contribution in [0.25, 0.3) is 0 Å². The van der Waals surface area contributed by atoms with Gasteiger partial charge in [-0.25, -0.2) is 17.1 Å². The van der Waals surface area contributed by atoms with Gasteiger partial charge in [0.15, 0.2) is 0 Å². The SMILES string of the molecule is CN(C)S(=O)(=O)c1cc(C(=O)N(CC(=O)O)Cc2ccc(F)cc2)co1. The molecule has 0 aliphatic rings. The Hall–Kier alpha value is -2.72. The van der Waals surface area contributed by atoms with Crippen molar-refractivity contribution in [2.24, 2.45) is 0 Å². The minimum Gasteiger partial charge on any atom is -0.480 e. The zero-order valence-electron chi connectivity index (χ0n) is 14.0. The van der Waals surface area contributed by atoms with E-state index in [4.69, 9.17) is 9.52 Å². The van der Waals surface area contributed by atoms with Crippen LogP contribution in [0, 0.1) is 5.82 Å². The van der Waals surface area contributed by atoms with Gasteiger partial charge in [-0.2, -0.15) is 0 Å². The molecular formula is C16H17FN2O6S. The number of benzene rings is 1. The summed E-state index contributed by atoms with van der Waals surface area (Å²) in [5.41, 5.74) is 0.416. The van der Waals surface area contributed by atoms with Gasteiger partial charge < -0.3 is 14.4 Å². The first-order valence-corrected chi connectivity index (χ1v) is 8.82. The van der Waals surface area contributed by atoms with Gasteiger partial charge in [0.2, 0.25) is 5.09 Å². The molecule has 0 aliphatic heterocycles. The molecule has 0 atom stereocenters. The highest BCUT2D eigenvalue weighted by Gasteiger charge is 2.26. The first-order valence-electron chi connectivity index (χ1n) is 7.38. The molecule has 0 spiro atoms. The van der Waals surface area contributed by atoms with E-state index in [1.807, 2.05) is 0 Å². The van der Waals surface area contributed by atoms with Crippen molar-refractivity contribution in [1.82, 2.24) is 9.21 Å². The van der Waals surface area contributed by atoms with Crippen molar-refractivity contribution < 1.29 is 31.9 Å². The number of hydrogen-bond donors (Lipinski definition) is 1. The van der Waals surface area contributed by atoms with Crippen molar-refractivity contribution in [3.63, 3.8) is 0 Å². The number of aliphatic carboxylic acids is 1. The monoisotopic (exact) mass is 384 g/mol. The van der Waals surface area contributed by atoms with Crippen molar-refractivity contribution in [1.29, 1.82) is 0 Å². The predicted molar refractivity (Wildman–Crippen MR) is 88.4 cm³/mol. The average Bonchev–Trinajstić information content (AvgIpc) is 3.05. The summed E-state index contributed by atoms with van der Waals surface area (Å²) in [5.74, 6) is -2.43. The second-order valence-corrected chi connectivity index (χ2v) is 7.71. The molecule has 0 saturated carbocycles. The van der Waals surface area contributed by atoms with Crippen LogP contribution in [0.15, 0.2) is 46.1 Å². The van der Waals surface area contributed by atoms with Gasteiger partial charge in [0, 0.05) is 26.7 Å². The molecule has 2 rings (SSSR count). The molecule has 0 saturated heterocycles. The summed E-state index contributed by atoms with van der Waals surface area (Å²) < 4.78 is 42.9. The maximum absolute atomic E-state index is 13.0. The Labute approximate surface area is 149 Å². The number of carboxylic acids is 1. The second-order valence-electron chi connectivity index (χ2n) is 5.62. The Bertz CT molecular complexity index is 905. The van der Waals surface area contributed by atoms with Crippen LogP contribution >= 0.6 is 0 Å². The third-order valence-corrected chi connectivity index (χ3v) is 5.14. The third kappa shape index (κ3) is 4.46. The molecule has 8 nitrogen and oxygen atoms in total. The molecule has 1 aromatic heterocycles. The van der Waals surface area contributed by atoms with Crippen molar-refractivity contribution in [3.05, 3.63) is 53.5 Å². The lowest BCUT2D eigenvalue weighted by Crippen LogP contribution is -2.35. The highest BCUT2D eigenvalue weighted by Crippen LogP contribution is 2.19. The number of nitrogens with zero attached hydrogens (tertiary/aromatic N) is 2. The van der Waals surface area contributed by atoms with Gasteiger partial charge in [0.1, 0.15) is 18.6 Å². The summed E-state index contributed by atoms with van der Waals surface area (Å²) in [5, 5.41) is 8.60. The smallest absolute Gasteiger partial charge is 0.323 e. The molecule has 0 radical (unpaired) electrons. The van der Waals surface area contributed by atoms with Gasteiger partial charge >= 0.3 is 5.97 Å². The highest BCUT2D eigenvalue weighted by molar-refractivity contribution is 7.88. The van der Waals surface area contributed by atoms with Gasteiger partial charge in [0.05, 0.1) is 5.56 Å². The molecule has 0 aliphatic carbocycles. The number of carbonyl (C=O) groups excluding carboxylic acids is 1. The molecule has 2 aromatic rings. The van der Waals surface area contributed by atoms with E-state index in [0.29, 0.717) is 5.56 Å². The van der Waals surface area contributed by atoms with Crippen LogP contribution in [0.5, 0.6) is 0 Å². The highest BCUT2D eigenvalue weighted by atomic mass is 32.2. The van der Waals surface area contributed by atoms with E-state index < -0.39 is 39.4 Å². The fourth-order valence-electron chi connectivity index (χ4n) is 2.10. The summed E-state index contributed by atoms with van der Waals surface area (Å²) in [6.07, 6.45) is 0.957. The zero-order valence-corrected chi connectivity index (χ0v) is 14.9. The molecule has 1 heterocycles. The second kappa shape index (κ2) is 7.67. The lowest BCUT2D eigenvalue weighted by atomic mass is 10.2. The van der Waals surface area contributed by atoms with Crippen LogP contribution in [0.2, 0.25) is 0 Å². The summed E-state index contributed by atoms with van der Waals surface area (Å²) in [6.45, 7) is -0.705. The number of hydrogen-bond acceptors (Lipinski definition) is 5. The molecule has 1 amide bonds. The van der Waals surface area contributed by atoms with E-state index in [2.05, 4.69) is 0 Å². The molecule has 1 aromatic carbocycles. The van der Waals surface area contributed by atoms with Crippen molar-refractivity contribution >= 4 is 21.9 Å². The third-order valence-electron chi connectivity index (χ3n) is 3.46. The number of rotatable bonds is 7. The lowest BCUT2D eigenvalue weighted by molar-refractivity contribution is -0.137. The average molecular weight is 384 g/mol. The van der Waals surface area contributed by atoms with E-state index in [9.17, 15) is 22.4 Å². The van der Waals surface area contributed by atoms with Crippen molar-refractivity contribution in [2.75, 3.05) is 20.6 Å². The van der Waals surface area contributed by atoms with Crippen LogP contribution in [-0.4, -0.2) is 55.2 Å². The van der Waals surface area contributed by atoms with Gasteiger partial charge in [-0.05, 0) is 17.7 Å². The topological polar surface area (TPSA) is 108 Å². The molecule has 26 heavy (non-hydrogen) atoms. The Balaban J connectivity index is 2.28. The van der Waals surface area contributed by atoms with E-state index in [0.717, 1.165) is 21.5 Å². The van der Waals surface area contributed by atoms with Gasteiger partial charge in [-0.1, -0.05) is 12.1 Å². The van der Waals surface area contributed by atoms with E-state index in [1.165, 1.54) is 38.4 Å². The van der Waals surface area contributed by atoms with Crippen molar-refractivity contribution in [2.45, 2.75) is 11.6 Å². The molecule has 140 valence electrons. The van der Waals surface area contributed by atoms with Crippen LogP contribution in [-0.2, 0) is 21.4 Å². The Morgan fingerprint density at radius 3 is 2.35 bits per heavy atom. The number of halogens is 1. The zero-order chi connectivity index (χ0) is 19.5. The van der Waals surface area contributed by atoms with Gasteiger partial charge in [0.25, 0.3) is 15.9 Å². The minimum atomic E-state index is -3.86. The van der Waals surface area contributed by atoms with Crippen LogP contribution in [0.3, 0.4) is 0 Å². The maximum atomic E-state index is 13.0. The predicted octanol–water partition coefficient (Wildman–Crippen LogP) is 1.40. The standard InChI is InChI=1S/C16H17FN2O6S/c1-18(2)26(23,24)15-7-12(10-25-15)16(22)19(9-14(20)21)8-11-3-5-13(17)6-4-11/h3-7,10H,8-9H2,1-2H3,(H,20,21). The summed E-state index contributed by atoms with van der Waals surface area (Å²) >= 11 is 0. The number of furan rings is 1. The minimum absolute atomic E-state index is 0.0909. The molecule has 1 N–H and O–H groups in total. The summed E-state index contributed by atoms with van der Waals surface area (Å²) in [7, 11) is -1.24. The van der Waals surface area contributed by atoms with Crippen LogP contribution in [0.1, 0.15) is 15.9 Å². The Morgan fingerprint density at radius 1 is 1.19 bits per heavy atom. The number of sulfonamides is 1. The quantitative estimate of drug-likeness (QED) is 0.773. The van der Waals surface area contributed by atoms with Crippen molar-refractivity contribution in [3.8, 4) is 0 Å². The number of carbonyl (C=O) groups is 2. The first kappa shape index (κ1) is 19.6. The molecule has 10 heteroatoms. The fourth-order valence-corrected chi connectivity index (χ4v) is 2.90. The molecule has 0 fully saturated rings. The van der Waals surface area contributed by atoms with Crippen LogP contribution in [0.4, 0.5) is 4.39 Å². The Morgan fingerprint density at radius 2 is 1.81 bits per heavy atom. The summed E-state index contributed by atoms with van der Waals surface area (Å²) in [4.78, 5) is 24.6. The fraction of sp³-hybridized carbons (Fsp3) is 0.250. The molecular weight excluding hydrogens is 367 g/mol. The maximum Gasteiger partial charge on any atom is 0.323 e. The van der Waals surface area contributed by atoms with E-state index in [1.54, 1.807) is 0 Å². The largest absolute Gasteiger partial charge is 0.480 e. The first-order chi connectivity index (χ1) is 12.1. The van der Waals surface area contributed by atoms with E-state index in [-0.39, 0.29) is 12.1 Å².